The zero-order valence-electron chi connectivity index (χ0n) is 20.7. The van der Waals surface area contributed by atoms with Crippen molar-refractivity contribution in [3.05, 3.63) is 75.1 Å². The summed E-state index contributed by atoms with van der Waals surface area (Å²) in [7, 11) is 0. The molecule has 1 heterocycles. The van der Waals surface area contributed by atoms with E-state index >= 15 is 0 Å². The smallest absolute Gasteiger partial charge is 0.326 e. The van der Waals surface area contributed by atoms with Gasteiger partial charge in [0, 0.05) is 0 Å². The minimum absolute atomic E-state index is 0.210. The lowest BCUT2D eigenvalue weighted by Crippen LogP contribution is -2.35. The third-order valence-corrected chi connectivity index (χ3v) is 6.85. The van der Waals surface area contributed by atoms with E-state index in [1.54, 1.807) is 32.1 Å². The Hall–Kier alpha value is -3.30. The van der Waals surface area contributed by atoms with Crippen molar-refractivity contribution in [2.75, 3.05) is 13.2 Å². The second kappa shape index (κ2) is 11.8. The lowest BCUT2D eigenvalue weighted by molar-refractivity contribution is -0.149. The molecule has 0 bridgehead atoms. The van der Waals surface area contributed by atoms with Gasteiger partial charge in [-0.2, -0.15) is 0 Å². The molecule has 0 aromatic heterocycles. The van der Waals surface area contributed by atoms with Crippen LogP contribution in [0.1, 0.15) is 31.9 Å². The average molecular weight is 584 g/mol. The van der Waals surface area contributed by atoms with Gasteiger partial charge in [0.05, 0.1) is 22.1 Å². The van der Waals surface area contributed by atoms with Crippen LogP contribution in [0.25, 0.3) is 16.8 Å². The van der Waals surface area contributed by atoms with E-state index in [9.17, 15) is 14.4 Å². The van der Waals surface area contributed by atoms with Crippen LogP contribution in [0.15, 0.2) is 64.0 Å². The summed E-state index contributed by atoms with van der Waals surface area (Å²) in [6.07, 6.45) is 1.26. The summed E-state index contributed by atoms with van der Waals surface area (Å²) in [6.45, 7) is 5.61. The van der Waals surface area contributed by atoms with Crippen LogP contribution in [-0.4, -0.2) is 41.3 Å². The van der Waals surface area contributed by atoms with Crippen LogP contribution in [0, 0.1) is 0 Å². The molecule has 0 saturated carbocycles. The van der Waals surface area contributed by atoms with Gasteiger partial charge in [0.2, 0.25) is 0 Å². The highest BCUT2D eigenvalue weighted by atomic mass is 79.9. The number of amides is 2. The minimum atomic E-state index is -0.632. The predicted octanol–water partition coefficient (Wildman–Crippen LogP) is 6.57. The van der Waals surface area contributed by atoms with E-state index in [2.05, 4.69) is 40.2 Å². The molecule has 1 aliphatic heterocycles. The number of hydrogen-bond acceptors (Lipinski definition) is 7. The molecule has 2 amide bonds. The van der Waals surface area contributed by atoms with Crippen LogP contribution < -0.4 is 9.47 Å². The van der Waals surface area contributed by atoms with E-state index in [0.717, 1.165) is 33.0 Å². The minimum Gasteiger partial charge on any atom is -0.490 e. The first kappa shape index (κ1) is 26.8. The van der Waals surface area contributed by atoms with Crippen molar-refractivity contribution in [1.29, 1.82) is 0 Å². The Morgan fingerprint density at radius 2 is 1.81 bits per heavy atom. The molecule has 3 aromatic rings. The molecule has 1 saturated heterocycles. The zero-order chi connectivity index (χ0) is 26.5. The number of imide groups is 1. The third-order valence-electron chi connectivity index (χ3n) is 5.35. The molecule has 1 aliphatic rings. The molecule has 3 aromatic carbocycles. The molecule has 0 atom stereocenters. The highest BCUT2D eigenvalue weighted by Crippen LogP contribution is 2.40. The number of rotatable bonds is 9. The number of carbonyl (C=O) groups is 3. The zero-order valence-corrected chi connectivity index (χ0v) is 23.1. The van der Waals surface area contributed by atoms with E-state index in [1.165, 1.54) is 0 Å². The summed E-state index contributed by atoms with van der Waals surface area (Å²) < 4.78 is 17.7. The summed E-state index contributed by atoms with van der Waals surface area (Å²) in [5.74, 6) is -0.130. The number of hydrogen-bond donors (Lipinski definition) is 0. The van der Waals surface area contributed by atoms with Gasteiger partial charge < -0.3 is 14.2 Å². The fourth-order valence-corrected chi connectivity index (χ4v) is 5.19. The summed E-state index contributed by atoms with van der Waals surface area (Å²) in [5.41, 5.74) is 1.66. The molecule has 0 spiro atoms. The standard InChI is InChI=1S/C28H26BrNO6S/c1-4-34-23-13-19(14-24-27(32)30(28(33)37-24)15-25(31)36-17(2)3)12-22(29)26(23)35-16-18-9-10-20-7-5-6-8-21(20)11-18/h5-14,17H,4,15-16H2,1-3H3/b24-14+. The van der Waals surface area contributed by atoms with Gasteiger partial charge in [0.25, 0.3) is 11.1 Å². The molecular formula is C28H26BrNO6S. The van der Waals surface area contributed by atoms with Crippen LogP contribution in [0.2, 0.25) is 0 Å². The number of benzene rings is 3. The molecule has 9 heteroatoms. The SMILES string of the molecule is CCOc1cc(/C=C2/SC(=O)N(CC(=O)OC(C)C)C2=O)cc(Br)c1OCc1ccc2ccccc2c1. The van der Waals surface area contributed by atoms with E-state index in [-0.39, 0.29) is 11.0 Å². The van der Waals surface area contributed by atoms with Crippen molar-refractivity contribution in [1.82, 2.24) is 4.90 Å². The Balaban J connectivity index is 1.53. The Labute approximate surface area is 227 Å². The third kappa shape index (κ3) is 6.53. The molecule has 192 valence electrons. The largest absolute Gasteiger partial charge is 0.490 e. The van der Waals surface area contributed by atoms with Crippen LogP contribution in [0.3, 0.4) is 0 Å². The van der Waals surface area contributed by atoms with Gasteiger partial charge in [-0.25, -0.2) is 0 Å². The van der Waals surface area contributed by atoms with Gasteiger partial charge in [-0.15, -0.1) is 0 Å². The van der Waals surface area contributed by atoms with Crippen molar-refractivity contribution in [3.8, 4) is 11.5 Å². The first-order chi connectivity index (χ1) is 17.7. The topological polar surface area (TPSA) is 82.1 Å². The van der Waals surface area contributed by atoms with Crippen LogP contribution >= 0.6 is 27.7 Å². The number of halogens is 1. The quantitative estimate of drug-likeness (QED) is 0.208. The maximum Gasteiger partial charge on any atom is 0.326 e. The first-order valence-corrected chi connectivity index (χ1v) is 13.4. The van der Waals surface area contributed by atoms with Crippen molar-refractivity contribution >= 4 is 61.7 Å². The summed E-state index contributed by atoms with van der Waals surface area (Å²) in [6, 6.07) is 17.9. The molecule has 0 radical (unpaired) electrons. The Kier molecular flexibility index (Phi) is 8.56. The maximum atomic E-state index is 12.8. The lowest BCUT2D eigenvalue weighted by Gasteiger charge is -2.15. The molecule has 4 rings (SSSR count). The first-order valence-electron chi connectivity index (χ1n) is 11.8. The van der Waals surface area contributed by atoms with Gasteiger partial charge in [0.1, 0.15) is 13.2 Å². The number of ether oxygens (including phenoxy) is 3. The second-order valence-corrected chi connectivity index (χ2v) is 10.4. The fraction of sp³-hybridized carbons (Fsp3) is 0.250. The predicted molar refractivity (Wildman–Crippen MR) is 147 cm³/mol. The monoisotopic (exact) mass is 583 g/mol. The van der Waals surface area contributed by atoms with Gasteiger partial charge in [0.15, 0.2) is 11.5 Å². The van der Waals surface area contributed by atoms with Crippen molar-refractivity contribution in [3.63, 3.8) is 0 Å². The molecule has 0 N–H and O–H groups in total. The molecule has 7 nitrogen and oxygen atoms in total. The highest BCUT2D eigenvalue weighted by molar-refractivity contribution is 9.10. The molecule has 1 fully saturated rings. The maximum absolute atomic E-state index is 12.8. The number of esters is 1. The Bertz CT molecular complexity index is 1390. The number of thioether (sulfide) groups is 1. The van der Waals surface area contributed by atoms with Crippen molar-refractivity contribution in [2.24, 2.45) is 0 Å². The highest BCUT2D eigenvalue weighted by Gasteiger charge is 2.37. The summed E-state index contributed by atoms with van der Waals surface area (Å²) in [5, 5.41) is 1.78. The Morgan fingerprint density at radius 1 is 1.05 bits per heavy atom. The number of carbonyl (C=O) groups excluding carboxylic acids is 3. The molecule has 0 unspecified atom stereocenters. The number of nitrogens with zero attached hydrogens (tertiary/aromatic N) is 1. The van der Waals surface area contributed by atoms with E-state index < -0.39 is 23.7 Å². The molecule has 0 aliphatic carbocycles. The van der Waals surface area contributed by atoms with E-state index in [4.69, 9.17) is 14.2 Å². The molecule has 37 heavy (non-hydrogen) atoms. The van der Waals surface area contributed by atoms with Crippen LogP contribution in [0.5, 0.6) is 11.5 Å². The van der Waals surface area contributed by atoms with Crippen molar-refractivity contribution < 1.29 is 28.6 Å². The van der Waals surface area contributed by atoms with Crippen LogP contribution in [-0.2, 0) is 20.9 Å². The lowest BCUT2D eigenvalue weighted by atomic mass is 10.1. The van der Waals surface area contributed by atoms with Crippen LogP contribution in [0.4, 0.5) is 4.79 Å². The van der Waals surface area contributed by atoms with Crippen molar-refractivity contribution in [2.45, 2.75) is 33.5 Å². The van der Waals surface area contributed by atoms with Gasteiger partial charge in [-0.05, 0) is 94.6 Å². The molecular weight excluding hydrogens is 558 g/mol. The van der Waals surface area contributed by atoms with E-state index in [0.29, 0.717) is 34.7 Å². The van der Waals surface area contributed by atoms with Gasteiger partial charge >= 0.3 is 5.97 Å². The Morgan fingerprint density at radius 3 is 2.54 bits per heavy atom. The van der Waals surface area contributed by atoms with E-state index in [1.807, 2.05) is 25.1 Å². The summed E-state index contributed by atoms with van der Waals surface area (Å²) >= 11 is 4.34. The number of fused-ring (bicyclic) bond motifs is 1. The van der Waals surface area contributed by atoms with Gasteiger partial charge in [-0.3, -0.25) is 19.3 Å². The summed E-state index contributed by atoms with van der Waals surface area (Å²) in [4.78, 5) is 38.2. The fourth-order valence-electron chi connectivity index (χ4n) is 3.78. The average Bonchev–Trinajstić information content (AvgIpc) is 3.10. The second-order valence-electron chi connectivity index (χ2n) is 8.54. The normalized spacial score (nSPS) is 14.6. The van der Waals surface area contributed by atoms with Gasteiger partial charge in [-0.1, -0.05) is 36.4 Å².